The molecule has 0 unspecified atom stereocenters. The Kier molecular flexibility index (Phi) is 13.1. The number of hydrogen-bond acceptors (Lipinski definition) is 10. The SMILES string of the molecule is O=C(CN1CCNCCN(CC(=O)N2CCC(Cc3ccc([N+](=O)[O-])cc3)CC2)Cc2cccc(n2)C1)N1CCC(Cc2ccc([N+](=O)[O-])cc2)CC1. The molecule has 2 bridgehead atoms. The Labute approximate surface area is 310 Å². The van der Waals surface area contributed by atoms with E-state index in [-0.39, 0.29) is 33.0 Å². The molecule has 6 rings (SSSR count). The molecule has 0 aliphatic carbocycles. The van der Waals surface area contributed by atoms with Gasteiger partial charge >= 0.3 is 0 Å². The van der Waals surface area contributed by atoms with E-state index >= 15 is 0 Å². The first-order valence-corrected chi connectivity index (χ1v) is 18.8. The highest BCUT2D eigenvalue weighted by molar-refractivity contribution is 5.78. The summed E-state index contributed by atoms with van der Waals surface area (Å²) in [5.41, 5.74) is 4.19. The average Bonchev–Trinajstić information content (AvgIpc) is 3.15. The van der Waals surface area contributed by atoms with Crippen LogP contribution in [-0.4, -0.2) is 112 Å². The maximum Gasteiger partial charge on any atom is 0.269 e. The van der Waals surface area contributed by atoms with Crippen molar-refractivity contribution in [3.63, 3.8) is 0 Å². The van der Waals surface area contributed by atoms with Gasteiger partial charge in [0.05, 0.1) is 34.3 Å². The number of hydrogen-bond donors (Lipinski definition) is 1. The number of nitrogens with one attached hydrogen (secondary N) is 1. The zero-order valence-corrected chi connectivity index (χ0v) is 30.3. The van der Waals surface area contributed by atoms with Crippen molar-refractivity contribution in [2.45, 2.75) is 51.6 Å². The van der Waals surface area contributed by atoms with Crippen molar-refractivity contribution in [2.24, 2.45) is 11.8 Å². The Balaban J connectivity index is 0.961. The molecule has 0 saturated carbocycles. The highest BCUT2D eigenvalue weighted by Gasteiger charge is 2.27. The van der Waals surface area contributed by atoms with Crippen LogP contribution in [0.3, 0.4) is 0 Å². The van der Waals surface area contributed by atoms with E-state index in [2.05, 4.69) is 15.1 Å². The molecule has 282 valence electrons. The van der Waals surface area contributed by atoms with E-state index in [9.17, 15) is 29.8 Å². The molecule has 3 aliphatic rings. The Morgan fingerprint density at radius 2 is 1.02 bits per heavy atom. The first kappa shape index (κ1) is 38.0. The summed E-state index contributed by atoms with van der Waals surface area (Å²) in [4.78, 5) is 61.3. The molecule has 2 amide bonds. The van der Waals surface area contributed by atoms with Crippen molar-refractivity contribution in [1.29, 1.82) is 0 Å². The quantitative estimate of drug-likeness (QED) is 0.239. The van der Waals surface area contributed by atoms with Crippen molar-refractivity contribution < 1.29 is 19.4 Å². The third kappa shape index (κ3) is 11.1. The van der Waals surface area contributed by atoms with Gasteiger partial charge in [0.15, 0.2) is 0 Å². The molecule has 1 N–H and O–H groups in total. The summed E-state index contributed by atoms with van der Waals surface area (Å²) in [5.74, 6) is 1.15. The predicted octanol–water partition coefficient (Wildman–Crippen LogP) is 4.07. The van der Waals surface area contributed by atoms with E-state index in [1.165, 1.54) is 0 Å². The molecule has 2 saturated heterocycles. The van der Waals surface area contributed by atoms with Crippen LogP contribution in [0, 0.1) is 32.1 Å². The molecule has 0 atom stereocenters. The number of pyridine rings is 1. The van der Waals surface area contributed by atoms with Gasteiger partial charge in [-0.25, -0.2) is 0 Å². The molecule has 14 nitrogen and oxygen atoms in total. The Morgan fingerprint density at radius 1 is 0.623 bits per heavy atom. The van der Waals surface area contributed by atoms with Crippen LogP contribution in [0.5, 0.6) is 0 Å². The van der Waals surface area contributed by atoms with Gasteiger partial charge in [0.25, 0.3) is 11.4 Å². The van der Waals surface area contributed by atoms with E-state index < -0.39 is 0 Å². The minimum atomic E-state index is -0.379. The van der Waals surface area contributed by atoms with Gasteiger partial charge in [-0.05, 0) is 73.6 Å². The number of piperidine rings is 2. The molecule has 3 aliphatic heterocycles. The van der Waals surface area contributed by atoms with Crippen molar-refractivity contribution in [2.75, 3.05) is 65.4 Å². The fourth-order valence-electron chi connectivity index (χ4n) is 7.72. The van der Waals surface area contributed by atoms with Crippen LogP contribution in [0.15, 0.2) is 66.7 Å². The second-order valence-corrected chi connectivity index (χ2v) is 14.7. The van der Waals surface area contributed by atoms with Crippen molar-refractivity contribution in [3.05, 3.63) is 109 Å². The van der Waals surface area contributed by atoms with E-state index in [1.54, 1.807) is 24.3 Å². The van der Waals surface area contributed by atoms with Crippen LogP contribution in [0.1, 0.15) is 48.2 Å². The normalized spacial score (nSPS) is 18.6. The number of amides is 2. The van der Waals surface area contributed by atoms with Gasteiger partial charge in [-0.3, -0.25) is 44.6 Å². The number of nitro benzene ring substituents is 2. The number of carbonyl (C=O) groups is 2. The summed E-state index contributed by atoms with van der Waals surface area (Å²) in [7, 11) is 0. The molecule has 2 fully saturated rings. The second kappa shape index (κ2) is 18.3. The molecular weight excluding hydrogens is 676 g/mol. The lowest BCUT2D eigenvalue weighted by molar-refractivity contribution is -0.385. The number of fused-ring (bicyclic) bond motifs is 2. The first-order chi connectivity index (χ1) is 25.7. The highest BCUT2D eigenvalue weighted by Crippen LogP contribution is 2.25. The van der Waals surface area contributed by atoms with Crippen LogP contribution in [-0.2, 0) is 35.5 Å². The zero-order chi connectivity index (χ0) is 37.2. The number of aromatic nitrogens is 1. The molecule has 53 heavy (non-hydrogen) atoms. The fourth-order valence-corrected chi connectivity index (χ4v) is 7.72. The number of non-ortho nitro benzene ring substituents is 2. The van der Waals surface area contributed by atoms with Crippen molar-refractivity contribution >= 4 is 23.2 Å². The Hall–Kier alpha value is -4.79. The van der Waals surface area contributed by atoms with Gasteiger partial charge < -0.3 is 15.1 Å². The monoisotopic (exact) mass is 726 g/mol. The molecule has 2 aromatic carbocycles. The summed E-state index contributed by atoms with van der Waals surface area (Å²) in [6, 6.07) is 19.6. The van der Waals surface area contributed by atoms with E-state index in [0.717, 1.165) is 61.0 Å². The van der Waals surface area contributed by atoms with Crippen molar-refractivity contribution in [3.8, 4) is 0 Å². The number of benzene rings is 2. The van der Waals surface area contributed by atoms with Crippen LogP contribution in [0.2, 0.25) is 0 Å². The van der Waals surface area contributed by atoms with Gasteiger partial charge in [-0.15, -0.1) is 0 Å². The zero-order valence-electron chi connectivity index (χ0n) is 30.3. The summed E-state index contributed by atoms with van der Waals surface area (Å²) in [5, 5.41) is 25.5. The minimum absolute atomic E-state index is 0.103. The Morgan fingerprint density at radius 3 is 1.40 bits per heavy atom. The standard InChI is InChI=1S/C39H50N8O6/c48-38(44-18-12-32(13-19-44)24-30-4-8-36(9-5-30)46(50)51)28-42-22-16-40-17-23-43(27-35-3-1-2-34(26-42)41-35)29-39(49)45-20-14-33(15-21-45)25-31-6-10-37(11-7-31)47(52)53/h1-11,32-33,40H,12-29H2. The van der Waals surface area contributed by atoms with Crippen LogP contribution in [0.25, 0.3) is 0 Å². The molecule has 3 aromatic rings. The molecule has 0 radical (unpaired) electrons. The van der Waals surface area contributed by atoms with E-state index in [0.29, 0.717) is 90.4 Å². The van der Waals surface area contributed by atoms with Gasteiger partial charge in [0.2, 0.25) is 11.8 Å². The number of nitrogens with zero attached hydrogens (tertiary/aromatic N) is 7. The van der Waals surface area contributed by atoms with Crippen LogP contribution >= 0.6 is 0 Å². The molecule has 4 heterocycles. The third-order valence-electron chi connectivity index (χ3n) is 10.8. The largest absolute Gasteiger partial charge is 0.342 e. The fraction of sp³-hybridized carbons (Fsp3) is 0.513. The Bertz CT molecular complexity index is 1580. The lowest BCUT2D eigenvalue weighted by Crippen LogP contribution is -2.47. The van der Waals surface area contributed by atoms with Crippen LogP contribution in [0.4, 0.5) is 11.4 Å². The van der Waals surface area contributed by atoms with E-state index in [1.807, 2.05) is 52.3 Å². The predicted molar refractivity (Wildman–Crippen MR) is 200 cm³/mol. The first-order valence-electron chi connectivity index (χ1n) is 18.8. The van der Waals surface area contributed by atoms with Gasteiger partial charge in [0.1, 0.15) is 0 Å². The van der Waals surface area contributed by atoms with E-state index in [4.69, 9.17) is 4.98 Å². The number of likely N-dealkylation sites (tertiary alicyclic amines) is 2. The maximum atomic E-state index is 13.5. The number of carbonyl (C=O) groups excluding carboxylic acids is 2. The van der Waals surface area contributed by atoms with Crippen LogP contribution < -0.4 is 5.32 Å². The molecule has 1 aromatic heterocycles. The van der Waals surface area contributed by atoms with Gasteiger partial charge in [-0.2, -0.15) is 0 Å². The maximum absolute atomic E-state index is 13.5. The summed E-state index contributed by atoms with van der Waals surface area (Å²) in [6.45, 7) is 7.45. The lowest BCUT2D eigenvalue weighted by Gasteiger charge is -2.34. The topological polar surface area (TPSA) is 158 Å². The van der Waals surface area contributed by atoms with Crippen molar-refractivity contribution in [1.82, 2.24) is 29.9 Å². The number of nitro groups is 2. The molecule has 14 heteroatoms. The minimum Gasteiger partial charge on any atom is -0.342 e. The number of rotatable bonds is 10. The second-order valence-electron chi connectivity index (χ2n) is 14.7. The summed E-state index contributed by atoms with van der Waals surface area (Å²) >= 11 is 0. The molecular formula is C39H50N8O6. The third-order valence-corrected chi connectivity index (χ3v) is 10.8. The highest BCUT2D eigenvalue weighted by atomic mass is 16.6. The smallest absolute Gasteiger partial charge is 0.269 e. The van der Waals surface area contributed by atoms with Gasteiger partial charge in [0, 0.05) is 89.7 Å². The van der Waals surface area contributed by atoms with Gasteiger partial charge in [-0.1, -0.05) is 30.3 Å². The average molecular weight is 727 g/mol. The summed E-state index contributed by atoms with van der Waals surface area (Å²) < 4.78 is 0. The molecule has 0 spiro atoms. The summed E-state index contributed by atoms with van der Waals surface area (Å²) in [6.07, 6.45) is 5.37. The lowest BCUT2D eigenvalue weighted by atomic mass is 9.90.